The van der Waals surface area contributed by atoms with Gasteiger partial charge in [-0.15, -0.1) is 0 Å². The summed E-state index contributed by atoms with van der Waals surface area (Å²) in [5.74, 6) is 0.469. The molecule has 0 spiro atoms. The molecule has 0 radical (unpaired) electrons. The molecule has 1 aliphatic carbocycles. The zero-order valence-corrected chi connectivity index (χ0v) is 19.1. The van der Waals surface area contributed by atoms with Crippen LogP contribution in [-0.4, -0.2) is 52.9 Å². The first-order valence-electron chi connectivity index (χ1n) is 12.2. The van der Waals surface area contributed by atoms with Crippen LogP contribution in [0, 0.1) is 0 Å². The fraction of sp³-hybridized carbons (Fsp3) is 0.500. The first-order chi connectivity index (χ1) is 16.6. The molecular formula is C26H31N3O5. The predicted molar refractivity (Wildman–Crippen MR) is 126 cm³/mol. The Kier molecular flexibility index (Phi) is 6.78. The number of anilines is 1. The van der Waals surface area contributed by atoms with Crippen LogP contribution in [0.5, 0.6) is 5.75 Å². The lowest BCUT2D eigenvalue weighted by molar-refractivity contribution is -0.142. The zero-order valence-electron chi connectivity index (χ0n) is 19.1. The molecule has 34 heavy (non-hydrogen) atoms. The van der Waals surface area contributed by atoms with Gasteiger partial charge in [0.15, 0.2) is 0 Å². The Bertz CT molecular complexity index is 1020. The summed E-state index contributed by atoms with van der Waals surface area (Å²) in [6.45, 7) is -0.180. The third kappa shape index (κ3) is 4.93. The maximum atomic E-state index is 12.7. The highest BCUT2D eigenvalue weighted by molar-refractivity contribution is 6.04. The molecule has 8 heteroatoms. The number of fused-ring (bicyclic) bond motifs is 3. The molecule has 8 nitrogen and oxygen atoms in total. The molecule has 3 N–H and O–H groups in total. The Hall–Kier alpha value is -2.97. The van der Waals surface area contributed by atoms with E-state index in [-0.39, 0.29) is 49.0 Å². The van der Waals surface area contributed by atoms with Gasteiger partial charge in [-0.25, -0.2) is 0 Å². The number of pyridine rings is 1. The van der Waals surface area contributed by atoms with E-state index in [0.29, 0.717) is 17.7 Å². The lowest BCUT2D eigenvalue weighted by Gasteiger charge is -2.37. The first kappa shape index (κ1) is 22.8. The molecule has 2 aliphatic heterocycles. The van der Waals surface area contributed by atoms with Crippen molar-refractivity contribution in [1.29, 1.82) is 0 Å². The number of carbonyl (C=O) groups is 2. The van der Waals surface area contributed by atoms with E-state index in [9.17, 15) is 14.7 Å². The maximum absolute atomic E-state index is 12.7. The van der Waals surface area contributed by atoms with Crippen molar-refractivity contribution in [3.05, 3.63) is 53.9 Å². The third-order valence-corrected chi connectivity index (χ3v) is 7.06. The second-order valence-corrected chi connectivity index (χ2v) is 9.46. The van der Waals surface area contributed by atoms with Gasteiger partial charge in [-0.3, -0.25) is 14.6 Å². The number of aromatic nitrogens is 1. The molecule has 5 rings (SSSR count). The minimum absolute atomic E-state index is 0.00339. The number of ether oxygens (including phenoxy) is 2. The van der Waals surface area contributed by atoms with Gasteiger partial charge in [0, 0.05) is 35.6 Å². The molecule has 1 aromatic carbocycles. The number of aliphatic hydroxyl groups is 1. The van der Waals surface area contributed by atoms with Crippen LogP contribution in [0.3, 0.4) is 0 Å². The predicted octanol–water partition coefficient (Wildman–Crippen LogP) is 3.17. The number of amides is 2. The van der Waals surface area contributed by atoms with Crippen LogP contribution < -0.4 is 15.4 Å². The van der Waals surface area contributed by atoms with Crippen LogP contribution in [0.15, 0.2) is 42.7 Å². The fourth-order valence-electron chi connectivity index (χ4n) is 5.41. The minimum atomic E-state index is -0.507. The van der Waals surface area contributed by atoms with Gasteiger partial charge >= 0.3 is 0 Å². The van der Waals surface area contributed by atoms with Crippen LogP contribution in [0.1, 0.15) is 66.8 Å². The van der Waals surface area contributed by atoms with E-state index in [1.165, 1.54) is 12.6 Å². The smallest absolute Gasteiger partial charge is 0.257 e. The molecule has 2 amide bonds. The van der Waals surface area contributed by atoms with E-state index in [2.05, 4.69) is 15.6 Å². The summed E-state index contributed by atoms with van der Waals surface area (Å²) in [7, 11) is 0. The van der Waals surface area contributed by atoms with Crippen molar-refractivity contribution in [3.63, 3.8) is 0 Å². The van der Waals surface area contributed by atoms with Gasteiger partial charge in [-0.1, -0.05) is 19.3 Å². The first-order valence-corrected chi connectivity index (χ1v) is 12.2. The Morgan fingerprint density at radius 3 is 2.76 bits per heavy atom. The number of nitrogens with zero attached hydrogens (tertiary/aromatic N) is 1. The van der Waals surface area contributed by atoms with Crippen LogP contribution in [-0.2, 0) is 9.53 Å². The lowest BCUT2D eigenvalue weighted by atomic mass is 9.84. The van der Waals surface area contributed by atoms with Gasteiger partial charge < -0.3 is 25.2 Å². The average molecular weight is 466 g/mol. The molecule has 2 aromatic rings. The number of rotatable bonds is 6. The SMILES string of the molecule is O=C(C[C@@H]1C[C@H]2c3cc(NC(=O)c4cccnc4)ccc3O[C@H]2[C@@H](CO)O1)NC1CCCCC1. The van der Waals surface area contributed by atoms with Crippen molar-refractivity contribution < 1.29 is 24.2 Å². The van der Waals surface area contributed by atoms with E-state index in [1.54, 1.807) is 24.4 Å². The molecular weight excluding hydrogens is 434 g/mol. The van der Waals surface area contributed by atoms with Gasteiger partial charge in [0.25, 0.3) is 5.91 Å². The summed E-state index contributed by atoms with van der Waals surface area (Å²) in [5.41, 5.74) is 2.11. The average Bonchev–Trinajstić information content (AvgIpc) is 3.22. The van der Waals surface area contributed by atoms with Crippen LogP contribution in [0.4, 0.5) is 5.69 Å². The van der Waals surface area contributed by atoms with Gasteiger partial charge in [-0.05, 0) is 49.6 Å². The number of hydrogen-bond donors (Lipinski definition) is 3. The number of benzene rings is 1. The topological polar surface area (TPSA) is 110 Å². The highest BCUT2D eigenvalue weighted by Crippen LogP contribution is 2.47. The molecule has 1 saturated carbocycles. The molecule has 1 aromatic heterocycles. The zero-order chi connectivity index (χ0) is 23.5. The van der Waals surface area contributed by atoms with Gasteiger partial charge in [0.05, 0.1) is 24.7 Å². The van der Waals surface area contributed by atoms with Crippen molar-refractivity contribution >= 4 is 17.5 Å². The Balaban J connectivity index is 1.27. The lowest BCUT2D eigenvalue weighted by Crippen LogP contribution is -2.48. The van der Waals surface area contributed by atoms with Gasteiger partial charge in [0.2, 0.25) is 5.91 Å². The summed E-state index contributed by atoms with van der Waals surface area (Å²) >= 11 is 0. The molecule has 0 unspecified atom stereocenters. The highest BCUT2D eigenvalue weighted by Gasteiger charge is 2.46. The quantitative estimate of drug-likeness (QED) is 0.605. The van der Waals surface area contributed by atoms with E-state index in [1.807, 2.05) is 12.1 Å². The molecule has 180 valence electrons. The summed E-state index contributed by atoms with van der Waals surface area (Å²) in [6.07, 6.45) is 8.54. The largest absolute Gasteiger partial charge is 0.487 e. The number of hydrogen-bond acceptors (Lipinski definition) is 6. The number of carbonyl (C=O) groups excluding carboxylic acids is 2. The molecule has 0 bridgehead atoms. The van der Waals surface area contributed by atoms with E-state index in [0.717, 1.165) is 37.0 Å². The maximum Gasteiger partial charge on any atom is 0.257 e. The van der Waals surface area contributed by atoms with E-state index in [4.69, 9.17) is 9.47 Å². The highest BCUT2D eigenvalue weighted by atomic mass is 16.6. The summed E-state index contributed by atoms with van der Waals surface area (Å²) in [4.78, 5) is 29.2. The van der Waals surface area contributed by atoms with E-state index >= 15 is 0 Å². The van der Waals surface area contributed by atoms with Crippen molar-refractivity contribution in [3.8, 4) is 5.75 Å². The van der Waals surface area contributed by atoms with Gasteiger partial charge in [-0.2, -0.15) is 0 Å². The molecule has 3 heterocycles. The molecule has 2 fully saturated rings. The van der Waals surface area contributed by atoms with Crippen LogP contribution in [0.25, 0.3) is 0 Å². The second-order valence-electron chi connectivity index (χ2n) is 9.46. The third-order valence-electron chi connectivity index (χ3n) is 7.06. The second kappa shape index (κ2) is 10.1. The molecule has 4 atom stereocenters. The Morgan fingerprint density at radius 2 is 2.00 bits per heavy atom. The standard InChI is InChI=1S/C26H31N3O5/c30-15-23-25-21(12-19(33-23)13-24(31)28-17-6-2-1-3-7-17)20-11-18(8-9-22(20)34-25)29-26(32)16-5-4-10-27-14-16/h4-5,8-11,14,17,19,21,23,25,30H,1-3,6-7,12-13,15H2,(H,28,31)(H,29,32)/t19-,21-,23+,25+/m0/s1. The van der Waals surface area contributed by atoms with Crippen LogP contribution in [0.2, 0.25) is 0 Å². The summed E-state index contributed by atoms with van der Waals surface area (Å²) in [6, 6.07) is 9.25. The fourth-order valence-corrected chi connectivity index (χ4v) is 5.41. The van der Waals surface area contributed by atoms with Gasteiger partial charge in [0.1, 0.15) is 18.0 Å². The Morgan fingerprint density at radius 1 is 1.15 bits per heavy atom. The summed E-state index contributed by atoms with van der Waals surface area (Å²) in [5, 5.41) is 16.0. The van der Waals surface area contributed by atoms with Crippen molar-refractivity contribution in [2.45, 2.75) is 75.2 Å². The van der Waals surface area contributed by atoms with Crippen molar-refractivity contribution in [1.82, 2.24) is 10.3 Å². The minimum Gasteiger partial charge on any atom is -0.487 e. The normalized spacial score (nSPS) is 26.1. The van der Waals surface area contributed by atoms with E-state index < -0.39 is 6.10 Å². The summed E-state index contributed by atoms with van der Waals surface area (Å²) < 4.78 is 12.2. The number of aliphatic hydroxyl groups excluding tert-OH is 1. The van der Waals surface area contributed by atoms with Crippen molar-refractivity contribution in [2.75, 3.05) is 11.9 Å². The van der Waals surface area contributed by atoms with Crippen LogP contribution >= 0.6 is 0 Å². The number of nitrogens with one attached hydrogen (secondary N) is 2. The Labute approximate surface area is 199 Å². The molecule has 3 aliphatic rings. The molecule has 1 saturated heterocycles. The van der Waals surface area contributed by atoms with Crippen molar-refractivity contribution in [2.24, 2.45) is 0 Å². The monoisotopic (exact) mass is 465 g/mol.